The van der Waals surface area contributed by atoms with Gasteiger partial charge in [0.1, 0.15) is 0 Å². The number of carbonyl (C=O) groups is 1. The molecule has 3 rings (SSSR count). The minimum absolute atomic E-state index is 0.293. The summed E-state index contributed by atoms with van der Waals surface area (Å²) in [5, 5.41) is 11.0. The molecule has 23 heavy (non-hydrogen) atoms. The second-order valence-corrected chi connectivity index (χ2v) is 5.88. The number of carbonyl (C=O) groups excluding carboxylic acids is 1. The molecule has 0 saturated heterocycles. The molecule has 1 heterocycles. The van der Waals surface area contributed by atoms with Gasteiger partial charge in [-0.05, 0) is 42.9 Å². The van der Waals surface area contributed by atoms with E-state index in [1.165, 1.54) is 5.56 Å². The van der Waals surface area contributed by atoms with Crippen molar-refractivity contribution in [3.63, 3.8) is 0 Å². The van der Waals surface area contributed by atoms with Crippen LogP contribution in [-0.2, 0) is 12.8 Å². The van der Waals surface area contributed by atoms with Crippen molar-refractivity contribution in [2.24, 2.45) is 0 Å². The third-order valence-corrected chi connectivity index (χ3v) is 4.27. The average molecular weight is 310 g/mol. The van der Waals surface area contributed by atoms with Crippen LogP contribution in [0.2, 0.25) is 0 Å². The number of urea groups is 1. The molecule has 2 aromatic carbocycles. The second-order valence-electron chi connectivity index (χ2n) is 5.88. The molecule has 4 heteroatoms. The molecule has 0 atom stereocenters. The number of anilines is 1. The number of fused-ring (bicyclic) bond motifs is 1. The Labute approximate surface area is 136 Å². The van der Waals surface area contributed by atoms with Crippen molar-refractivity contribution < 1.29 is 10.0 Å². The minimum Gasteiger partial charge on any atom is -0.292 e. The van der Waals surface area contributed by atoms with Crippen LogP contribution in [-0.4, -0.2) is 29.4 Å². The number of nitrogens with zero attached hydrogens (tertiary/aromatic N) is 2. The number of amides is 2. The van der Waals surface area contributed by atoms with E-state index in [2.05, 4.69) is 6.07 Å². The maximum absolute atomic E-state index is 12.6. The van der Waals surface area contributed by atoms with Gasteiger partial charge in [-0.15, -0.1) is 0 Å². The summed E-state index contributed by atoms with van der Waals surface area (Å²) in [5.41, 5.74) is 3.21. The van der Waals surface area contributed by atoms with Gasteiger partial charge < -0.3 is 0 Å². The van der Waals surface area contributed by atoms with Gasteiger partial charge in [0.05, 0.1) is 6.54 Å². The Morgan fingerprint density at radius 2 is 1.78 bits per heavy atom. The lowest BCUT2D eigenvalue weighted by Gasteiger charge is -2.27. The molecule has 120 valence electrons. The average Bonchev–Trinajstić information content (AvgIpc) is 2.82. The van der Waals surface area contributed by atoms with Crippen molar-refractivity contribution in [1.29, 1.82) is 0 Å². The van der Waals surface area contributed by atoms with E-state index < -0.39 is 0 Å². The summed E-state index contributed by atoms with van der Waals surface area (Å²) >= 11 is 0. The van der Waals surface area contributed by atoms with Gasteiger partial charge in [0.25, 0.3) is 0 Å². The summed E-state index contributed by atoms with van der Waals surface area (Å²) in [6.45, 7) is 0.944. The van der Waals surface area contributed by atoms with E-state index in [4.69, 9.17) is 0 Å². The van der Waals surface area contributed by atoms with Crippen LogP contribution in [0.5, 0.6) is 0 Å². The molecule has 4 nitrogen and oxygen atoms in total. The van der Waals surface area contributed by atoms with Crippen molar-refractivity contribution in [3.8, 4) is 0 Å². The Hall–Kier alpha value is -2.33. The molecule has 2 amide bonds. The predicted octanol–water partition coefficient (Wildman–Crippen LogP) is 3.88. The van der Waals surface area contributed by atoms with Gasteiger partial charge in [0.2, 0.25) is 0 Å². The Morgan fingerprint density at radius 1 is 1.04 bits per heavy atom. The number of hydrogen-bond donors (Lipinski definition) is 1. The van der Waals surface area contributed by atoms with Crippen LogP contribution in [0, 0.1) is 0 Å². The van der Waals surface area contributed by atoms with Crippen molar-refractivity contribution in [3.05, 3.63) is 65.7 Å². The van der Waals surface area contributed by atoms with Crippen LogP contribution in [0.25, 0.3) is 0 Å². The highest BCUT2D eigenvalue weighted by Crippen LogP contribution is 2.26. The largest absolute Gasteiger partial charge is 0.348 e. The summed E-state index contributed by atoms with van der Waals surface area (Å²) in [5.74, 6) is 0. The Morgan fingerprint density at radius 3 is 2.61 bits per heavy atom. The summed E-state index contributed by atoms with van der Waals surface area (Å²) < 4.78 is 0. The number of benzene rings is 2. The van der Waals surface area contributed by atoms with Crippen LogP contribution in [0.1, 0.15) is 24.0 Å². The number of hydrogen-bond acceptors (Lipinski definition) is 2. The number of rotatable bonds is 3. The van der Waals surface area contributed by atoms with E-state index in [0.717, 1.165) is 35.6 Å². The highest BCUT2D eigenvalue weighted by atomic mass is 16.5. The molecule has 1 aliphatic rings. The smallest absolute Gasteiger partial charge is 0.292 e. The number of para-hydroxylation sites is 1. The van der Waals surface area contributed by atoms with Crippen LogP contribution in [0.4, 0.5) is 10.5 Å². The minimum atomic E-state index is -0.338. The molecular weight excluding hydrogens is 288 g/mol. The third-order valence-electron chi connectivity index (χ3n) is 4.27. The molecule has 0 aliphatic carbocycles. The Kier molecular flexibility index (Phi) is 4.93. The Bertz CT molecular complexity index is 657. The van der Waals surface area contributed by atoms with Crippen LogP contribution < -0.4 is 4.90 Å². The number of hydroxylamine groups is 2. The lowest BCUT2D eigenvalue weighted by Crippen LogP contribution is -2.43. The van der Waals surface area contributed by atoms with E-state index in [9.17, 15) is 10.0 Å². The molecule has 1 aliphatic heterocycles. The van der Waals surface area contributed by atoms with Crippen molar-refractivity contribution in [1.82, 2.24) is 5.06 Å². The van der Waals surface area contributed by atoms with Crippen LogP contribution in [0.15, 0.2) is 54.6 Å². The summed E-state index contributed by atoms with van der Waals surface area (Å²) in [6.07, 6.45) is 3.64. The molecule has 0 saturated carbocycles. The fourth-order valence-corrected chi connectivity index (χ4v) is 3.00. The molecule has 0 bridgehead atoms. The van der Waals surface area contributed by atoms with Gasteiger partial charge in [0, 0.05) is 12.2 Å². The van der Waals surface area contributed by atoms with E-state index in [1.54, 1.807) is 4.90 Å². The molecule has 0 unspecified atom stereocenters. The third kappa shape index (κ3) is 3.71. The molecule has 0 spiro atoms. The van der Waals surface area contributed by atoms with Crippen LogP contribution >= 0.6 is 0 Å². The van der Waals surface area contributed by atoms with Gasteiger partial charge in [-0.25, -0.2) is 9.86 Å². The summed E-state index contributed by atoms with van der Waals surface area (Å²) in [6, 6.07) is 17.5. The Balaban J connectivity index is 1.69. The van der Waals surface area contributed by atoms with E-state index in [-0.39, 0.29) is 6.03 Å². The van der Waals surface area contributed by atoms with Gasteiger partial charge in [-0.3, -0.25) is 10.1 Å². The zero-order chi connectivity index (χ0) is 16.1. The maximum atomic E-state index is 12.6. The molecular formula is C19H22N2O2. The zero-order valence-corrected chi connectivity index (χ0v) is 13.2. The summed E-state index contributed by atoms with van der Waals surface area (Å²) in [4.78, 5) is 14.3. The normalized spacial score (nSPS) is 14.0. The maximum Gasteiger partial charge on any atom is 0.348 e. The summed E-state index contributed by atoms with van der Waals surface area (Å²) in [7, 11) is 0. The monoisotopic (exact) mass is 310 g/mol. The van der Waals surface area contributed by atoms with Gasteiger partial charge in [0.15, 0.2) is 0 Å². The van der Waals surface area contributed by atoms with E-state index in [0.29, 0.717) is 19.5 Å². The number of aryl methyl sites for hydroxylation is 1. The molecule has 0 fully saturated rings. The van der Waals surface area contributed by atoms with Crippen molar-refractivity contribution >= 4 is 11.7 Å². The fourth-order valence-electron chi connectivity index (χ4n) is 3.00. The standard InChI is InChI=1S/C19H22N2O2/c22-19(21(23)15-13-16-8-2-1-3-9-16)20-14-7-6-11-17-10-4-5-12-18(17)20/h1-5,8-10,12,23H,6-7,11,13-15H2. The molecule has 0 radical (unpaired) electrons. The highest BCUT2D eigenvalue weighted by molar-refractivity contribution is 5.92. The van der Waals surface area contributed by atoms with E-state index >= 15 is 0 Å². The predicted molar refractivity (Wildman–Crippen MR) is 90.8 cm³/mol. The van der Waals surface area contributed by atoms with Gasteiger partial charge in [-0.1, -0.05) is 48.5 Å². The quantitative estimate of drug-likeness (QED) is 0.690. The van der Waals surface area contributed by atoms with Crippen molar-refractivity contribution in [2.75, 3.05) is 18.0 Å². The first-order valence-corrected chi connectivity index (χ1v) is 8.15. The molecule has 2 aromatic rings. The van der Waals surface area contributed by atoms with Gasteiger partial charge >= 0.3 is 6.03 Å². The first kappa shape index (κ1) is 15.6. The first-order chi connectivity index (χ1) is 11.3. The van der Waals surface area contributed by atoms with Crippen LogP contribution in [0.3, 0.4) is 0 Å². The fraction of sp³-hybridized carbons (Fsp3) is 0.316. The topological polar surface area (TPSA) is 43.8 Å². The highest BCUT2D eigenvalue weighted by Gasteiger charge is 2.24. The lowest BCUT2D eigenvalue weighted by molar-refractivity contribution is -0.0390. The van der Waals surface area contributed by atoms with Crippen molar-refractivity contribution in [2.45, 2.75) is 25.7 Å². The first-order valence-electron chi connectivity index (χ1n) is 8.15. The van der Waals surface area contributed by atoms with Gasteiger partial charge in [-0.2, -0.15) is 0 Å². The second kappa shape index (κ2) is 7.29. The molecule has 0 aromatic heterocycles. The molecule has 1 N–H and O–H groups in total. The van der Waals surface area contributed by atoms with E-state index in [1.807, 2.05) is 48.5 Å². The zero-order valence-electron chi connectivity index (χ0n) is 13.2. The SMILES string of the molecule is O=C(N(O)CCc1ccccc1)N1CCCCc2ccccc21. The lowest BCUT2D eigenvalue weighted by atomic mass is 10.1.